The van der Waals surface area contributed by atoms with Gasteiger partial charge in [0.25, 0.3) is 0 Å². The number of halogens is 2. The summed E-state index contributed by atoms with van der Waals surface area (Å²) in [6.45, 7) is 2.05. The molecule has 2 aromatic rings. The van der Waals surface area contributed by atoms with Crippen LogP contribution in [0.3, 0.4) is 0 Å². The molecule has 1 atom stereocenters. The van der Waals surface area contributed by atoms with Crippen molar-refractivity contribution in [3.05, 3.63) is 40.1 Å². The van der Waals surface area contributed by atoms with Crippen LogP contribution in [0.5, 0.6) is 0 Å². The van der Waals surface area contributed by atoms with Crippen LogP contribution in [0.1, 0.15) is 18.5 Å². The number of rotatable bonds is 4. The van der Waals surface area contributed by atoms with E-state index in [-0.39, 0.29) is 11.3 Å². The summed E-state index contributed by atoms with van der Waals surface area (Å²) in [6, 6.07) is 7.77. The number of aromatic nitrogens is 3. The van der Waals surface area contributed by atoms with E-state index in [0.717, 1.165) is 5.56 Å². The zero-order valence-electron chi connectivity index (χ0n) is 12.4. The lowest BCUT2D eigenvalue weighted by Gasteiger charge is -2.26. The molecule has 0 spiro atoms. The molecule has 0 aliphatic heterocycles. The second kappa shape index (κ2) is 6.45. The van der Waals surface area contributed by atoms with Gasteiger partial charge >= 0.3 is 0 Å². The fraction of sp³-hybridized carbons (Fsp3) is 0.357. The largest absolute Gasteiger partial charge is 0.347 e. The molecule has 0 amide bonds. The van der Waals surface area contributed by atoms with Crippen LogP contribution in [0.15, 0.2) is 24.3 Å². The Labute approximate surface area is 134 Å². The third-order valence-corrected chi connectivity index (χ3v) is 3.62. The maximum atomic E-state index is 6.04. The smallest absolute Gasteiger partial charge is 0.231 e. The van der Waals surface area contributed by atoms with Crippen molar-refractivity contribution in [3.8, 4) is 0 Å². The van der Waals surface area contributed by atoms with Crippen molar-refractivity contribution in [2.24, 2.45) is 0 Å². The lowest BCUT2D eigenvalue weighted by atomic mass is 10.1. The third-order valence-electron chi connectivity index (χ3n) is 3.21. The molecule has 1 aromatic carbocycles. The van der Waals surface area contributed by atoms with Crippen molar-refractivity contribution in [2.45, 2.75) is 13.0 Å². The molecule has 0 bridgehead atoms. The van der Waals surface area contributed by atoms with Gasteiger partial charge in [0.1, 0.15) is 0 Å². The maximum absolute atomic E-state index is 6.04. The van der Waals surface area contributed by atoms with Crippen molar-refractivity contribution >= 4 is 35.1 Å². The first-order chi connectivity index (χ1) is 9.88. The summed E-state index contributed by atoms with van der Waals surface area (Å²) in [7, 11) is 5.63. The van der Waals surface area contributed by atoms with Gasteiger partial charge in [0.15, 0.2) is 0 Å². The summed E-state index contributed by atoms with van der Waals surface area (Å²) in [5, 5.41) is 0.879. The zero-order valence-corrected chi connectivity index (χ0v) is 13.9. The summed E-state index contributed by atoms with van der Waals surface area (Å²) in [6.07, 6.45) is 0. The highest BCUT2D eigenvalue weighted by molar-refractivity contribution is 6.30. The fourth-order valence-corrected chi connectivity index (χ4v) is 2.20. The summed E-state index contributed by atoms with van der Waals surface area (Å²) in [5.74, 6) is 1.04. The maximum Gasteiger partial charge on any atom is 0.231 e. The van der Waals surface area contributed by atoms with Gasteiger partial charge in [-0.2, -0.15) is 15.0 Å². The van der Waals surface area contributed by atoms with E-state index < -0.39 is 0 Å². The van der Waals surface area contributed by atoms with Gasteiger partial charge in [0.2, 0.25) is 17.2 Å². The Bertz CT molecular complexity index is 633. The van der Waals surface area contributed by atoms with Crippen LogP contribution in [0.4, 0.5) is 11.9 Å². The molecular weight excluding hydrogens is 309 g/mol. The van der Waals surface area contributed by atoms with E-state index in [1.54, 1.807) is 4.90 Å². The standard InChI is InChI=1S/C14H17Cl2N5/c1-9(10-6-5-7-11(15)8-10)21(4)14-18-12(16)17-13(19-14)20(2)3/h5-9H,1-4H3. The van der Waals surface area contributed by atoms with Gasteiger partial charge < -0.3 is 9.80 Å². The molecule has 2 rings (SSSR count). The van der Waals surface area contributed by atoms with Gasteiger partial charge in [-0.25, -0.2) is 0 Å². The number of nitrogens with zero attached hydrogens (tertiary/aromatic N) is 5. The molecular formula is C14H17Cl2N5. The number of anilines is 2. The highest BCUT2D eigenvalue weighted by Crippen LogP contribution is 2.26. The summed E-state index contributed by atoms with van der Waals surface area (Å²) >= 11 is 12.0. The van der Waals surface area contributed by atoms with E-state index in [0.29, 0.717) is 16.9 Å². The van der Waals surface area contributed by atoms with Crippen LogP contribution in [0, 0.1) is 0 Å². The molecule has 1 heterocycles. The fourth-order valence-electron chi connectivity index (χ4n) is 1.85. The van der Waals surface area contributed by atoms with Crippen molar-refractivity contribution in [2.75, 3.05) is 30.9 Å². The minimum Gasteiger partial charge on any atom is -0.347 e. The monoisotopic (exact) mass is 325 g/mol. The topological polar surface area (TPSA) is 45.2 Å². The highest BCUT2D eigenvalue weighted by Gasteiger charge is 2.17. The lowest BCUT2D eigenvalue weighted by Crippen LogP contribution is -2.25. The minimum absolute atomic E-state index is 0.0529. The van der Waals surface area contributed by atoms with Gasteiger partial charge in [0.05, 0.1) is 6.04 Å². The predicted molar refractivity (Wildman–Crippen MR) is 87.4 cm³/mol. The second-order valence-corrected chi connectivity index (χ2v) is 5.72. The van der Waals surface area contributed by atoms with Crippen LogP contribution in [-0.2, 0) is 0 Å². The molecule has 1 aromatic heterocycles. The van der Waals surface area contributed by atoms with Gasteiger partial charge in [-0.3, -0.25) is 0 Å². The molecule has 5 nitrogen and oxygen atoms in total. The van der Waals surface area contributed by atoms with Crippen LogP contribution in [0.25, 0.3) is 0 Å². The van der Waals surface area contributed by atoms with Gasteiger partial charge in [0, 0.05) is 26.2 Å². The first kappa shape index (κ1) is 15.8. The van der Waals surface area contributed by atoms with Gasteiger partial charge in [-0.1, -0.05) is 23.7 Å². The van der Waals surface area contributed by atoms with E-state index in [9.17, 15) is 0 Å². The molecule has 0 saturated heterocycles. The molecule has 112 valence electrons. The molecule has 0 radical (unpaired) electrons. The Kier molecular flexibility index (Phi) is 4.85. The molecule has 21 heavy (non-hydrogen) atoms. The van der Waals surface area contributed by atoms with E-state index in [1.165, 1.54) is 0 Å². The Hall–Kier alpha value is -1.59. The van der Waals surface area contributed by atoms with Crippen LogP contribution < -0.4 is 9.80 Å². The predicted octanol–water partition coefficient (Wildman–Crippen LogP) is 3.44. The van der Waals surface area contributed by atoms with Gasteiger partial charge in [-0.05, 0) is 36.2 Å². The average Bonchev–Trinajstić information content (AvgIpc) is 2.45. The molecule has 0 fully saturated rings. The molecule has 0 aliphatic rings. The van der Waals surface area contributed by atoms with Crippen molar-refractivity contribution in [1.82, 2.24) is 15.0 Å². The van der Waals surface area contributed by atoms with E-state index in [4.69, 9.17) is 23.2 Å². The molecule has 1 unspecified atom stereocenters. The average molecular weight is 326 g/mol. The van der Waals surface area contributed by atoms with Gasteiger partial charge in [-0.15, -0.1) is 0 Å². The van der Waals surface area contributed by atoms with Crippen LogP contribution >= 0.6 is 23.2 Å². The van der Waals surface area contributed by atoms with Crippen molar-refractivity contribution in [3.63, 3.8) is 0 Å². The molecule has 0 aliphatic carbocycles. The van der Waals surface area contributed by atoms with Crippen LogP contribution in [-0.4, -0.2) is 36.1 Å². The second-order valence-electron chi connectivity index (χ2n) is 4.94. The Balaban J connectivity index is 2.33. The number of benzene rings is 1. The molecule has 0 saturated carbocycles. The summed E-state index contributed by atoms with van der Waals surface area (Å²) < 4.78 is 0. The highest BCUT2D eigenvalue weighted by atomic mass is 35.5. The number of hydrogen-bond donors (Lipinski definition) is 0. The van der Waals surface area contributed by atoms with E-state index in [2.05, 4.69) is 21.9 Å². The third kappa shape index (κ3) is 3.74. The molecule has 0 N–H and O–H groups in total. The summed E-state index contributed by atoms with van der Waals surface area (Å²) in [5.41, 5.74) is 1.08. The SMILES string of the molecule is CC(c1cccc(Cl)c1)N(C)c1nc(Cl)nc(N(C)C)n1. The summed E-state index contributed by atoms with van der Waals surface area (Å²) in [4.78, 5) is 16.4. The zero-order chi connectivity index (χ0) is 15.6. The quantitative estimate of drug-likeness (QED) is 0.861. The Morgan fingerprint density at radius 3 is 2.29 bits per heavy atom. The number of hydrogen-bond acceptors (Lipinski definition) is 5. The van der Waals surface area contributed by atoms with E-state index >= 15 is 0 Å². The van der Waals surface area contributed by atoms with E-state index in [1.807, 2.05) is 50.3 Å². The first-order valence-corrected chi connectivity index (χ1v) is 7.21. The Morgan fingerprint density at radius 1 is 1.00 bits per heavy atom. The Morgan fingerprint density at radius 2 is 1.67 bits per heavy atom. The normalized spacial score (nSPS) is 12.1. The lowest BCUT2D eigenvalue weighted by molar-refractivity contribution is 0.710. The first-order valence-electron chi connectivity index (χ1n) is 6.45. The van der Waals surface area contributed by atoms with Crippen molar-refractivity contribution < 1.29 is 0 Å². The van der Waals surface area contributed by atoms with Crippen molar-refractivity contribution in [1.29, 1.82) is 0 Å². The molecule has 7 heteroatoms. The minimum atomic E-state index is 0.0529. The van der Waals surface area contributed by atoms with Crippen LogP contribution in [0.2, 0.25) is 10.3 Å².